The van der Waals surface area contributed by atoms with Crippen LogP contribution in [0.5, 0.6) is 0 Å². The molecule has 0 spiro atoms. The van der Waals surface area contributed by atoms with Crippen molar-refractivity contribution < 1.29 is 4.79 Å². The molecule has 4 nitrogen and oxygen atoms in total. The molecule has 1 fully saturated rings. The van der Waals surface area contributed by atoms with E-state index in [4.69, 9.17) is 11.5 Å². The fourth-order valence-corrected chi connectivity index (χ4v) is 4.15. The van der Waals surface area contributed by atoms with Gasteiger partial charge in [0.25, 0.3) is 0 Å². The number of nitrogens with two attached hydrogens (primary N) is 2. The van der Waals surface area contributed by atoms with E-state index >= 15 is 0 Å². The van der Waals surface area contributed by atoms with Crippen LogP contribution in [0.25, 0.3) is 5.57 Å². The zero-order valence-corrected chi connectivity index (χ0v) is 16.3. The zero-order chi connectivity index (χ0) is 18.7. The third-order valence-electron chi connectivity index (χ3n) is 5.64. The first-order chi connectivity index (χ1) is 12.3. The van der Waals surface area contributed by atoms with Crippen LogP contribution >= 0.6 is 0 Å². The van der Waals surface area contributed by atoms with Gasteiger partial charge in [-0.05, 0) is 81.6 Å². The van der Waals surface area contributed by atoms with Gasteiger partial charge in [0.05, 0.1) is 0 Å². The Morgan fingerprint density at radius 2 is 1.96 bits per heavy atom. The van der Waals surface area contributed by atoms with Gasteiger partial charge in [-0.15, -0.1) is 0 Å². The monoisotopic (exact) mass is 355 g/mol. The Balaban J connectivity index is 1.66. The highest BCUT2D eigenvalue weighted by Gasteiger charge is 2.27. The Bertz CT molecular complexity index is 679. The van der Waals surface area contributed by atoms with Crippen LogP contribution < -0.4 is 11.5 Å². The van der Waals surface area contributed by atoms with E-state index in [0.29, 0.717) is 12.3 Å². The number of hydrogen-bond donors (Lipinski definition) is 2. The summed E-state index contributed by atoms with van der Waals surface area (Å²) >= 11 is 0. The van der Waals surface area contributed by atoms with Gasteiger partial charge in [0.15, 0.2) is 0 Å². The third kappa shape index (κ3) is 4.67. The normalized spacial score (nSPS) is 19.3. The maximum absolute atomic E-state index is 12.4. The van der Waals surface area contributed by atoms with Crippen molar-refractivity contribution >= 4 is 17.2 Å². The summed E-state index contributed by atoms with van der Waals surface area (Å²) in [5.41, 5.74) is 16.7. The minimum atomic E-state index is -0.437. The molecular formula is C22H33N3O. The summed E-state index contributed by atoms with van der Waals surface area (Å²) in [5, 5.41) is 0. The number of nitrogens with zero attached hydrogens (tertiary/aromatic N) is 1. The summed E-state index contributed by atoms with van der Waals surface area (Å²) in [5.74, 6) is 0.690. The summed E-state index contributed by atoms with van der Waals surface area (Å²) < 4.78 is 0. The minimum Gasteiger partial charge on any atom is -0.398 e. The number of benzene rings is 1. The Labute approximate surface area is 157 Å². The number of hydrogen-bond acceptors (Lipinski definition) is 3. The summed E-state index contributed by atoms with van der Waals surface area (Å²) in [6.45, 7) is 5.46. The van der Waals surface area contributed by atoms with E-state index in [1.54, 1.807) is 0 Å². The number of amides is 1. The zero-order valence-electron chi connectivity index (χ0n) is 16.3. The molecule has 4 N–H and O–H groups in total. The maximum atomic E-state index is 12.4. The van der Waals surface area contributed by atoms with Crippen LogP contribution in [0.15, 0.2) is 24.3 Å². The Kier molecular flexibility index (Phi) is 5.71. The molecule has 142 valence electrons. The number of rotatable bonds is 4. The van der Waals surface area contributed by atoms with Crippen molar-refractivity contribution in [1.29, 1.82) is 0 Å². The first-order valence-corrected chi connectivity index (χ1v) is 9.99. The molecule has 1 aliphatic heterocycles. The van der Waals surface area contributed by atoms with Crippen molar-refractivity contribution in [3.05, 3.63) is 35.4 Å². The molecule has 0 unspecified atom stereocenters. The van der Waals surface area contributed by atoms with Gasteiger partial charge in [-0.1, -0.05) is 12.1 Å². The number of piperidine rings is 1. The summed E-state index contributed by atoms with van der Waals surface area (Å²) in [7, 11) is 0. The van der Waals surface area contributed by atoms with E-state index < -0.39 is 5.54 Å². The molecule has 0 aromatic heterocycles. The van der Waals surface area contributed by atoms with Gasteiger partial charge >= 0.3 is 0 Å². The molecule has 26 heavy (non-hydrogen) atoms. The molecule has 1 aliphatic carbocycles. The lowest BCUT2D eigenvalue weighted by Gasteiger charge is -2.34. The molecule has 1 heterocycles. The second-order valence-corrected chi connectivity index (χ2v) is 8.64. The van der Waals surface area contributed by atoms with Gasteiger partial charge in [-0.2, -0.15) is 0 Å². The lowest BCUT2D eigenvalue weighted by molar-refractivity contribution is -0.133. The average molecular weight is 356 g/mol. The number of anilines is 1. The van der Waals surface area contributed by atoms with Crippen LogP contribution in [-0.2, 0) is 4.79 Å². The molecule has 1 aromatic carbocycles. The van der Waals surface area contributed by atoms with E-state index in [1.165, 1.54) is 29.5 Å². The van der Waals surface area contributed by atoms with Gasteiger partial charge < -0.3 is 16.4 Å². The lowest BCUT2D eigenvalue weighted by atomic mass is 9.85. The predicted molar refractivity (Wildman–Crippen MR) is 109 cm³/mol. The Morgan fingerprint density at radius 3 is 2.58 bits per heavy atom. The van der Waals surface area contributed by atoms with Gasteiger partial charge in [-0.25, -0.2) is 0 Å². The fourth-order valence-electron chi connectivity index (χ4n) is 4.15. The van der Waals surface area contributed by atoms with Crippen LogP contribution in [0, 0.1) is 0 Å². The highest BCUT2D eigenvalue weighted by Crippen LogP contribution is 2.35. The first kappa shape index (κ1) is 19.0. The molecule has 1 amide bonds. The van der Waals surface area contributed by atoms with Crippen molar-refractivity contribution in [2.45, 2.75) is 70.3 Å². The molecule has 0 radical (unpaired) electrons. The molecule has 4 heteroatoms. The highest BCUT2D eigenvalue weighted by molar-refractivity contribution is 5.78. The predicted octanol–water partition coefficient (Wildman–Crippen LogP) is 4.06. The van der Waals surface area contributed by atoms with E-state index in [-0.39, 0.29) is 5.91 Å². The van der Waals surface area contributed by atoms with Gasteiger partial charge in [0, 0.05) is 36.3 Å². The van der Waals surface area contributed by atoms with E-state index in [9.17, 15) is 4.79 Å². The summed E-state index contributed by atoms with van der Waals surface area (Å²) in [6, 6.07) is 6.54. The van der Waals surface area contributed by atoms with Crippen molar-refractivity contribution in [2.24, 2.45) is 5.73 Å². The van der Waals surface area contributed by atoms with E-state index in [1.807, 2.05) is 18.7 Å². The first-order valence-electron chi connectivity index (χ1n) is 9.99. The van der Waals surface area contributed by atoms with Gasteiger partial charge in [0.1, 0.15) is 0 Å². The standard InChI is InChI=1S/C22H33N3O/c1-22(2,24)15-21(26)25-12-10-16(11-13-25)18-8-9-20(23)19(14-18)17-6-4-3-5-7-17/h6,8-9,14,16H,3-5,7,10-13,15,23-24H2,1-2H3. The number of likely N-dealkylation sites (tertiary alicyclic amines) is 1. The third-order valence-corrected chi connectivity index (χ3v) is 5.64. The van der Waals surface area contributed by atoms with Crippen molar-refractivity contribution in [3.8, 4) is 0 Å². The van der Waals surface area contributed by atoms with E-state index in [0.717, 1.165) is 44.5 Å². The Hall–Kier alpha value is -1.81. The highest BCUT2D eigenvalue weighted by atomic mass is 16.2. The number of carbonyl (C=O) groups excluding carboxylic acids is 1. The van der Waals surface area contributed by atoms with Crippen LogP contribution in [0.1, 0.15) is 75.8 Å². The molecule has 2 aliphatic rings. The number of nitrogen functional groups attached to an aromatic ring is 1. The number of carbonyl (C=O) groups is 1. The smallest absolute Gasteiger partial charge is 0.224 e. The van der Waals surface area contributed by atoms with Gasteiger partial charge in [-0.3, -0.25) is 4.79 Å². The second kappa shape index (κ2) is 7.83. The molecule has 0 saturated carbocycles. The quantitative estimate of drug-likeness (QED) is 0.800. The average Bonchev–Trinajstić information content (AvgIpc) is 2.61. The van der Waals surface area contributed by atoms with Crippen molar-refractivity contribution in [1.82, 2.24) is 4.90 Å². The minimum absolute atomic E-state index is 0.182. The Morgan fingerprint density at radius 1 is 1.23 bits per heavy atom. The topological polar surface area (TPSA) is 72.4 Å². The molecule has 1 aromatic rings. The van der Waals surface area contributed by atoms with Crippen molar-refractivity contribution in [3.63, 3.8) is 0 Å². The van der Waals surface area contributed by atoms with Crippen LogP contribution in [-0.4, -0.2) is 29.4 Å². The second-order valence-electron chi connectivity index (χ2n) is 8.64. The summed E-state index contributed by atoms with van der Waals surface area (Å²) in [4.78, 5) is 14.4. The van der Waals surface area contributed by atoms with Crippen LogP contribution in [0.3, 0.4) is 0 Å². The summed E-state index contributed by atoms with van der Waals surface area (Å²) in [6.07, 6.45) is 9.64. The molecule has 1 saturated heterocycles. The van der Waals surface area contributed by atoms with Crippen LogP contribution in [0.2, 0.25) is 0 Å². The molecule has 3 rings (SSSR count). The van der Waals surface area contributed by atoms with Gasteiger partial charge in [0.2, 0.25) is 5.91 Å². The van der Waals surface area contributed by atoms with Crippen LogP contribution in [0.4, 0.5) is 5.69 Å². The maximum Gasteiger partial charge on any atom is 0.224 e. The number of allylic oxidation sites excluding steroid dienone is 2. The molecule has 0 bridgehead atoms. The largest absolute Gasteiger partial charge is 0.398 e. The van der Waals surface area contributed by atoms with Crippen molar-refractivity contribution in [2.75, 3.05) is 18.8 Å². The lowest BCUT2D eigenvalue weighted by Crippen LogP contribution is -2.44. The fraction of sp³-hybridized carbons (Fsp3) is 0.591. The van der Waals surface area contributed by atoms with E-state index in [2.05, 4.69) is 24.3 Å². The SMILES string of the molecule is CC(C)(N)CC(=O)N1CCC(c2ccc(N)c(C3=CCCCC3)c2)CC1. The molecule has 0 atom stereocenters. The molecular weight excluding hydrogens is 322 g/mol.